The molecule has 0 spiro atoms. The second-order valence-electron chi connectivity index (χ2n) is 15.7. The molecule has 3 aliphatic heterocycles. The van der Waals surface area contributed by atoms with Crippen LogP contribution in [0.5, 0.6) is 5.75 Å². The molecule has 3 aromatic rings. The summed E-state index contributed by atoms with van der Waals surface area (Å²) in [5.74, 6) is -1.28. The zero-order valence-corrected chi connectivity index (χ0v) is 32.1. The van der Waals surface area contributed by atoms with Crippen LogP contribution in [-0.4, -0.2) is 113 Å². The number of amides is 6. The number of aryl methyl sites for hydroxylation is 1. The molecule has 1 aromatic heterocycles. The molecule has 4 atom stereocenters. The second kappa shape index (κ2) is 16.5. The summed E-state index contributed by atoms with van der Waals surface area (Å²) in [6.07, 6.45) is 2.81. The van der Waals surface area contributed by atoms with Gasteiger partial charge in [0.25, 0.3) is 5.91 Å². The van der Waals surface area contributed by atoms with Crippen LogP contribution in [0, 0.1) is 6.92 Å². The average Bonchev–Trinajstić information content (AvgIpc) is 3.74. The molecule has 0 bridgehead atoms. The van der Waals surface area contributed by atoms with Crippen LogP contribution in [0.3, 0.4) is 0 Å². The standard InChI is InChI=1S/C40H50N6O9/c1-24-8-16-32-29(22-24)34(43-55-32)38(51)45-20-18-26-11-15-31(46(26)36(49)30(23-45)41-39(52)54-40(2,3)4)37(50)44(5)19-6-7-21-53-27-12-9-25(10-13-27)28-14-17-33(47)42-35(28)48/h8-10,12-13,16,22,26,28,30-31H,6-7,11,14-15,17-21,23H2,1-5H3,(H,41,52)(H,42,47,48)/t26-,28?,30+,31+/m1/s1. The molecule has 55 heavy (non-hydrogen) atoms. The van der Waals surface area contributed by atoms with Gasteiger partial charge in [-0.3, -0.25) is 29.3 Å². The Hall–Kier alpha value is -5.47. The zero-order chi connectivity index (χ0) is 39.4. The Morgan fingerprint density at radius 3 is 2.51 bits per heavy atom. The number of carbonyl (C=O) groups excluding carboxylic acids is 6. The quantitative estimate of drug-likeness (QED) is 0.226. The molecule has 3 fully saturated rings. The van der Waals surface area contributed by atoms with Gasteiger partial charge in [-0.15, -0.1) is 0 Å². The van der Waals surface area contributed by atoms with Crippen LogP contribution in [0.2, 0.25) is 0 Å². The number of fused-ring (bicyclic) bond motifs is 2. The third-order valence-electron chi connectivity index (χ3n) is 10.3. The van der Waals surface area contributed by atoms with Crippen LogP contribution >= 0.6 is 0 Å². The first-order valence-electron chi connectivity index (χ1n) is 19.0. The van der Waals surface area contributed by atoms with E-state index < -0.39 is 35.6 Å². The maximum Gasteiger partial charge on any atom is 0.408 e. The Bertz CT molecular complexity index is 1940. The molecule has 6 amide bonds. The predicted molar refractivity (Wildman–Crippen MR) is 200 cm³/mol. The first kappa shape index (κ1) is 39.2. The average molecular weight is 759 g/mol. The van der Waals surface area contributed by atoms with Gasteiger partial charge in [0.15, 0.2) is 11.3 Å². The van der Waals surface area contributed by atoms with Crippen molar-refractivity contribution in [3.8, 4) is 5.75 Å². The Labute approximate surface area is 320 Å². The monoisotopic (exact) mass is 758 g/mol. The van der Waals surface area contributed by atoms with E-state index in [2.05, 4.69) is 15.8 Å². The zero-order valence-electron chi connectivity index (χ0n) is 32.1. The highest BCUT2D eigenvalue weighted by molar-refractivity contribution is 6.04. The maximum atomic E-state index is 14.4. The fourth-order valence-corrected chi connectivity index (χ4v) is 7.53. The van der Waals surface area contributed by atoms with Crippen LogP contribution in [-0.2, 0) is 23.9 Å². The summed E-state index contributed by atoms with van der Waals surface area (Å²) < 4.78 is 16.8. The second-order valence-corrected chi connectivity index (χ2v) is 15.7. The number of rotatable bonds is 10. The number of nitrogens with one attached hydrogen (secondary N) is 2. The van der Waals surface area contributed by atoms with Crippen LogP contribution in [0.25, 0.3) is 11.0 Å². The van der Waals surface area contributed by atoms with Crippen molar-refractivity contribution >= 4 is 46.6 Å². The van der Waals surface area contributed by atoms with E-state index in [1.165, 1.54) is 4.90 Å². The topological polar surface area (TPSA) is 181 Å². The third-order valence-corrected chi connectivity index (χ3v) is 10.3. The minimum atomic E-state index is -1.17. The van der Waals surface area contributed by atoms with Gasteiger partial charge >= 0.3 is 6.09 Å². The number of carbonyl (C=O) groups is 6. The van der Waals surface area contributed by atoms with E-state index in [1.807, 2.05) is 43.3 Å². The Kier molecular flexibility index (Phi) is 11.8. The van der Waals surface area contributed by atoms with Gasteiger partial charge in [-0.1, -0.05) is 28.9 Å². The summed E-state index contributed by atoms with van der Waals surface area (Å²) in [5.41, 5.74) is 1.54. The molecule has 2 N–H and O–H groups in total. The summed E-state index contributed by atoms with van der Waals surface area (Å²) in [4.78, 5) is 83.6. The number of ether oxygens (including phenoxy) is 2. The first-order chi connectivity index (χ1) is 26.2. The van der Waals surface area contributed by atoms with Crippen molar-refractivity contribution < 1.29 is 42.8 Å². The first-order valence-corrected chi connectivity index (χ1v) is 19.0. The summed E-state index contributed by atoms with van der Waals surface area (Å²) in [6.45, 7) is 8.07. The molecule has 0 radical (unpaired) electrons. The summed E-state index contributed by atoms with van der Waals surface area (Å²) >= 11 is 0. The number of unbranched alkanes of at least 4 members (excludes halogenated alkanes) is 1. The third kappa shape index (κ3) is 9.26. The lowest BCUT2D eigenvalue weighted by Crippen LogP contribution is -2.61. The lowest BCUT2D eigenvalue weighted by atomic mass is 9.90. The number of hydrogen-bond donors (Lipinski definition) is 2. The molecule has 15 heteroatoms. The van der Waals surface area contributed by atoms with Gasteiger partial charge in [-0.05, 0) is 96.0 Å². The van der Waals surface area contributed by atoms with Crippen LogP contribution < -0.4 is 15.4 Å². The minimum absolute atomic E-state index is 0.133. The normalized spacial score (nSPS) is 21.7. The van der Waals surface area contributed by atoms with Crippen LogP contribution in [0.15, 0.2) is 47.0 Å². The van der Waals surface area contributed by atoms with Gasteiger partial charge in [0, 0.05) is 32.6 Å². The van der Waals surface area contributed by atoms with Crippen molar-refractivity contribution in [1.29, 1.82) is 0 Å². The number of aromatic nitrogens is 1. The SMILES string of the molecule is Cc1ccc2onc(C(=O)N3CC[C@H]4CC[C@@H](C(=O)N(C)CCCCOc5ccc(C6CCC(=O)NC6=O)cc5)N4C(=O)[C@@H](NC(=O)OC(C)(C)C)C3)c2c1. The van der Waals surface area contributed by atoms with Gasteiger partial charge in [-0.2, -0.15) is 0 Å². The van der Waals surface area contributed by atoms with E-state index in [0.717, 1.165) is 11.1 Å². The summed E-state index contributed by atoms with van der Waals surface area (Å²) in [5, 5.41) is 9.71. The van der Waals surface area contributed by atoms with Crippen molar-refractivity contribution in [2.45, 2.75) is 102 Å². The van der Waals surface area contributed by atoms with E-state index in [4.69, 9.17) is 14.0 Å². The molecular formula is C40H50N6O9. The Balaban J connectivity index is 1.06. The van der Waals surface area contributed by atoms with Crippen molar-refractivity contribution in [1.82, 2.24) is 30.5 Å². The highest BCUT2D eigenvalue weighted by atomic mass is 16.6. The Morgan fingerprint density at radius 1 is 1.02 bits per heavy atom. The van der Waals surface area contributed by atoms with Crippen molar-refractivity contribution in [2.75, 3.05) is 33.3 Å². The minimum Gasteiger partial charge on any atom is -0.494 e. The number of benzene rings is 2. The van der Waals surface area contributed by atoms with E-state index in [9.17, 15) is 28.8 Å². The van der Waals surface area contributed by atoms with Gasteiger partial charge in [-0.25, -0.2) is 4.79 Å². The number of hydrogen-bond acceptors (Lipinski definition) is 10. The highest BCUT2D eigenvalue weighted by Gasteiger charge is 2.46. The lowest BCUT2D eigenvalue weighted by Gasteiger charge is -2.39. The molecule has 15 nitrogen and oxygen atoms in total. The number of piperidine rings is 1. The fraction of sp³-hybridized carbons (Fsp3) is 0.525. The molecule has 1 unspecified atom stereocenters. The van der Waals surface area contributed by atoms with E-state index in [1.54, 1.807) is 43.7 Å². The number of alkyl carbamates (subject to hydrolysis) is 1. The molecule has 4 heterocycles. The predicted octanol–water partition coefficient (Wildman–Crippen LogP) is 4.07. The van der Waals surface area contributed by atoms with Gasteiger partial charge in [0.05, 0.1) is 24.5 Å². The summed E-state index contributed by atoms with van der Waals surface area (Å²) in [7, 11) is 1.72. The molecule has 6 rings (SSSR count). The smallest absolute Gasteiger partial charge is 0.408 e. The lowest BCUT2D eigenvalue weighted by molar-refractivity contribution is -0.147. The number of nitrogens with zero attached hydrogens (tertiary/aromatic N) is 4. The van der Waals surface area contributed by atoms with Gasteiger partial charge < -0.3 is 34.0 Å². The molecule has 294 valence electrons. The fourth-order valence-electron chi connectivity index (χ4n) is 7.53. The maximum absolute atomic E-state index is 14.4. The number of likely N-dealkylation sites (N-methyl/N-ethyl adjacent to an activating group) is 1. The van der Waals surface area contributed by atoms with Crippen molar-refractivity contribution in [3.63, 3.8) is 0 Å². The molecule has 3 saturated heterocycles. The molecular weight excluding hydrogens is 708 g/mol. The molecule has 0 saturated carbocycles. The highest BCUT2D eigenvalue weighted by Crippen LogP contribution is 2.32. The molecule has 2 aromatic carbocycles. The Morgan fingerprint density at radius 2 is 1.78 bits per heavy atom. The number of imide groups is 1. The van der Waals surface area contributed by atoms with E-state index in [0.29, 0.717) is 74.8 Å². The van der Waals surface area contributed by atoms with E-state index in [-0.39, 0.29) is 48.5 Å². The van der Waals surface area contributed by atoms with Gasteiger partial charge in [0.1, 0.15) is 23.4 Å². The molecule has 3 aliphatic rings. The van der Waals surface area contributed by atoms with Crippen molar-refractivity contribution in [2.24, 2.45) is 0 Å². The van der Waals surface area contributed by atoms with Crippen LogP contribution in [0.1, 0.15) is 93.3 Å². The van der Waals surface area contributed by atoms with Crippen molar-refractivity contribution in [3.05, 3.63) is 59.3 Å². The van der Waals surface area contributed by atoms with Gasteiger partial charge in [0.2, 0.25) is 23.6 Å². The van der Waals surface area contributed by atoms with E-state index >= 15 is 0 Å². The largest absolute Gasteiger partial charge is 0.494 e. The molecule has 0 aliphatic carbocycles. The van der Waals surface area contributed by atoms with Crippen LogP contribution in [0.4, 0.5) is 4.79 Å². The summed E-state index contributed by atoms with van der Waals surface area (Å²) in [6, 6.07) is 10.5.